The first-order chi connectivity index (χ1) is 15.2. The zero-order valence-electron chi connectivity index (χ0n) is 16.6. The highest BCUT2D eigenvalue weighted by Crippen LogP contribution is 2.25. The molecule has 0 spiro atoms. The maximum absolute atomic E-state index is 12.3. The van der Waals surface area contributed by atoms with Gasteiger partial charge < -0.3 is 14.6 Å². The molecule has 0 fully saturated rings. The van der Waals surface area contributed by atoms with Crippen LogP contribution in [-0.4, -0.2) is 16.0 Å². The van der Waals surface area contributed by atoms with Crippen LogP contribution in [0.5, 0.6) is 5.75 Å². The largest absolute Gasteiger partial charge is 0.489 e. The minimum Gasteiger partial charge on any atom is -0.489 e. The van der Waals surface area contributed by atoms with E-state index >= 15 is 0 Å². The fourth-order valence-electron chi connectivity index (χ4n) is 2.93. The summed E-state index contributed by atoms with van der Waals surface area (Å²) in [5.41, 5.74) is 2.48. The molecule has 0 aliphatic rings. The smallest absolute Gasteiger partial charge is 0.227 e. The highest BCUT2D eigenvalue weighted by Gasteiger charge is 2.13. The molecule has 0 saturated carbocycles. The van der Waals surface area contributed by atoms with E-state index in [9.17, 15) is 4.79 Å². The third kappa shape index (κ3) is 5.71. The van der Waals surface area contributed by atoms with Gasteiger partial charge in [0, 0.05) is 24.1 Å². The van der Waals surface area contributed by atoms with Crippen LogP contribution >= 0.6 is 11.6 Å². The van der Waals surface area contributed by atoms with Crippen molar-refractivity contribution in [1.29, 1.82) is 0 Å². The van der Waals surface area contributed by atoms with E-state index in [1.165, 1.54) is 0 Å². The molecule has 0 bridgehead atoms. The monoisotopic (exact) mass is 433 g/mol. The van der Waals surface area contributed by atoms with Crippen molar-refractivity contribution in [1.82, 2.24) is 10.1 Å². The van der Waals surface area contributed by atoms with Crippen molar-refractivity contribution < 1.29 is 14.1 Å². The Balaban J connectivity index is 1.26. The number of carbonyl (C=O) groups is 1. The summed E-state index contributed by atoms with van der Waals surface area (Å²) >= 11 is 6.15. The van der Waals surface area contributed by atoms with Crippen LogP contribution in [0.15, 0.2) is 83.4 Å². The second-order valence-corrected chi connectivity index (χ2v) is 7.25. The Bertz CT molecular complexity index is 1140. The minimum absolute atomic E-state index is 0.143. The normalized spacial score (nSPS) is 10.6. The fourth-order valence-corrected chi connectivity index (χ4v) is 3.15. The molecule has 1 amide bonds. The molecule has 0 saturated heterocycles. The number of amides is 1. The number of carbonyl (C=O) groups excluding carboxylic acids is 1. The Kier molecular flexibility index (Phi) is 6.59. The van der Waals surface area contributed by atoms with Crippen molar-refractivity contribution in [3.8, 4) is 17.1 Å². The zero-order valence-corrected chi connectivity index (χ0v) is 17.4. The second kappa shape index (κ2) is 9.91. The van der Waals surface area contributed by atoms with Gasteiger partial charge in [0.05, 0.1) is 5.02 Å². The van der Waals surface area contributed by atoms with Gasteiger partial charge in [-0.3, -0.25) is 4.79 Å². The standard InChI is InChI=1S/C24H20ClN3O3/c25-21-9-5-4-8-20(21)24-27-23(31-28-24)15-14-22(29)26-18-10-12-19(13-11-18)30-16-17-6-2-1-3-7-17/h1-13H,14-16H2,(H,26,29). The lowest BCUT2D eigenvalue weighted by molar-refractivity contribution is -0.116. The molecule has 1 aromatic heterocycles. The molecule has 1 N–H and O–H groups in total. The van der Waals surface area contributed by atoms with Gasteiger partial charge in [-0.05, 0) is 42.0 Å². The van der Waals surface area contributed by atoms with E-state index in [0.29, 0.717) is 41.0 Å². The number of hydrogen-bond donors (Lipinski definition) is 1. The lowest BCUT2D eigenvalue weighted by Crippen LogP contribution is -2.12. The topological polar surface area (TPSA) is 77.2 Å². The van der Waals surface area contributed by atoms with Crippen molar-refractivity contribution in [2.24, 2.45) is 0 Å². The van der Waals surface area contributed by atoms with E-state index in [0.717, 1.165) is 11.3 Å². The van der Waals surface area contributed by atoms with Crippen LogP contribution in [0.1, 0.15) is 17.9 Å². The SMILES string of the molecule is O=C(CCc1nc(-c2ccccc2Cl)no1)Nc1ccc(OCc2ccccc2)cc1. The maximum atomic E-state index is 12.3. The summed E-state index contributed by atoms with van der Waals surface area (Å²) in [4.78, 5) is 16.6. The van der Waals surface area contributed by atoms with Gasteiger partial charge in [0.25, 0.3) is 0 Å². The van der Waals surface area contributed by atoms with E-state index in [2.05, 4.69) is 15.5 Å². The van der Waals surface area contributed by atoms with E-state index in [1.807, 2.05) is 60.7 Å². The first-order valence-electron chi connectivity index (χ1n) is 9.81. The number of benzene rings is 3. The van der Waals surface area contributed by atoms with Gasteiger partial charge in [0.1, 0.15) is 12.4 Å². The van der Waals surface area contributed by atoms with Crippen LogP contribution < -0.4 is 10.1 Å². The number of rotatable bonds is 8. The second-order valence-electron chi connectivity index (χ2n) is 6.84. The molecule has 0 unspecified atom stereocenters. The molecular formula is C24H20ClN3O3. The molecule has 4 aromatic rings. The number of aryl methyl sites for hydroxylation is 1. The molecule has 0 aliphatic carbocycles. The van der Waals surface area contributed by atoms with E-state index in [1.54, 1.807) is 18.2 Å². The summed E-state index contributed by atoms with van der Waals surface area (Å²) in [5, 5.41) is 7.34. The molecule has 1 heterocycles. The number of nitrogens with one attached hydrogen (secondary N) is 1. The number of nitrogens with zero attached hydrogens (tertiary/aromatic N) is 2. The minimum atomic E-state index is -0.143. The third-order valence-corrected chi connectivity index (χ3v) is 4.86. The third-order valence-electron chi connectivity index (χ3n) is 4.54. The molecule has 3 aromatic carbocycles. The Hall–Kier alpha value is -3.64. The Morgan fingerprint density at radius 1 is 0.968 bits per heavy atom. The van der Waals surface area contributed by atoms with Crippen molar-refractivity contribution >= 4 is 23.2 Å². The highest BCUT2D eigenvalue weighted by molar-refractivity contribution is 6.33. The van der Waals surface area contributed by atoms with Crippen molar-refractivity contribution in [3.05, 3.63) is 95.3 Å². The van der Waals surface area contributed by atoms with Crippen LogP contribution in [0.25, 0.3) is 11.4 Å². The van der Waals surface area contributed by atoms with E-state index in [4.69, 9.17) is 20.9 Å². The quantitative estimate of drug-likeness (QED) is 0.394. The van der Waals surface area contributed by atoms with Crippen molar-refractivity contribution in [2.75, 3.05) is 5.32 Å². The Morgan fingerprint density at radius 3 is 2.48 bits per heavy atom. The lowest BCUT2D eigenvalue weighted by atomic mass is 10.2. The number of halogens is 1. The number of hydrogen-bond acceptors (Lipinski definition) is 5. The predicted octanol–water partition coefficient (Wildman–Crippen LogP) is 5.54. The molecule has 6 nitrogen and oxygen atoms in total. The molecule has 0 aliphatic heterocycles. The van der Waals surface area contributed by atoms with Crippen LogP contribution in [-0.2, 0) is 17.8 Å². The van der Waals surface area contributed by atoms with Crippen LogP contribution in [0.2, 0.25) is 5.02 Å². The fraction of sp³-hybridized carbons (Fsp3) is 0.125. The Morgan fingerprint density at radius 2 is 1.71 bits per heavy atom. The summed E-state index contributed by atoms with van der Waals surface area (Å²) in [5.74, 6) is 1.39. The van der Waals surface area contributed by atoms with Crippen LogP contribution in [0.4, 0.5) is 5.69 Å². The summed E-state index contributed by atoms with van der Waals surface area (Å²) in [7, 11) is 0. The molecule has 31 heavy (non-hydrogen) atoms. The lowest BCUT2D eigenvalue weighted by Gasteiger charge is -2.08. The van der Waals surface area contributed by atoms with Crippen molar-refractivity contribution in [3.63, 3.8) is 0 Å². The first-order valence-corrected chi connectivity index (χ1v) is 10.2. The summed E-state index contributed by atoms with van der Waals surface area (Å²) in [6.07, 6.45) is 0.554. The molecule has 7 heteroatoms. The van der Waals surface area contributed by atoms with E-state index < -0.39 is 0 Å². The van der Waals surface area contributed by atoms with E-state index in [-0.39, 0.29) is 12.3 Å². The van der Waals surface area contributed by atoms with Gasteiger partial charge >= 0.3 is 0 Å². The first kappa shape index (κ1) is 20.6. The van der Waals surface area contributed by atoms with Gasteiger partial charge in [0.2, 0.25) is 17.6 Å². The average Bonchev–Trinajstić information content (AvgIpc) is 3.27. The van der Waals surface area contributed by atoms with Gasteiger partial charge in [-0.1, -0.05) is 59.2 Å². The summed E-state index contributed by atoms with van der Waals surface area (Å²) in [6.45, 7) is 0.493. The van der Waals surface area contributed by atoms with Crippen LogP contribution in [0, 0.1) is 0 Å². The highest BCUT2D eigenvalue weighted by atomic mass is 35.5. The average molecular weight is 434 g/mol. The summed E-state index contributed by atoms with van der Waals surface area (Å²) in [6, 6.07) is 24.5. The zero-order chi connectivity index (χ0) is 21.5. The summed E-state index contributed by atoms with van der Waals surface area (Å²) < 4.78 is 11.0. The molecule has 0 atom stereocenters. The van der Waals surface area contributed by atoms with Crippen molar-refractivity contribution in [2.45, 2.75) is 19.4 Å². The maximum Gasteiger partial charge on any atom is 0.227 e. The predicted molar refractivity (Wildman–Crippen MR) is 119 cm³/mol. The molecular weight excluding hydrogens is 414 g/mol. The molecule has 4 rings (SSSR count). The molecule has 0 radical (unpaired) electrons. The van der Waals surface area contributed by atoms with Gasteiger partial charge in [-0.25, -0.2) is 0 Å². The number of ether oxygens (including phenoxy) is 1. The number of anilines is 1. The van der Waals surface area contributed by atoms with Gasteiger partial charge in [0.15, 0.2) is 0 Å². The van der Waals surface area contributed by atoms with Gasteiger partial charge in [-0.2, -0.15) is 4.98 Å². The number of aromatic nitrogens is 2. The van der Waals surface area contributed by atoms with Crippen LogP contribution in [0.3, 0.4) is 0 Å². The van der Waals surface area contributed by atoms with Gasteiger partial charge in [-0.15, -0.1) is 0 Å². The molecule has 156 valence electrons. The Labute approximate surface area is 184 Å².